The number of aromatic nitrogens is 1. The number of nitrogens with two attached hydrogens (primary N) is 1. The number of sulfonamides is 1. The first-order chi connectivity index (χ1) is 8.90. The highest BCUT2D eigenvalue weighted by Gasteiger charge is 2.19. The van der Waals surface area contributed by atoms with Crippen molar-refractivity contribution >= 4 is 49.1 Å². The van der Waals surface area contributed by atoms with Crippen LogP contribution in [0.15, 0.2) is 45.9 Å². The largest absolute Gasteiger partial charge is 0.397 e. The van der Waals surface area contributed by atoms with E-state index in [2.05, 4.69) is 25.6 Å². The van der Waals surface area contributed by atoms with Gasteiger partial charge in [-0.15, -0.1) is 0 Å². The van der Waals surface area contributed by atoms with Gasteiger partial charge in [0.2, 0.25) is 0 Å². The molecule has 0 spiro atoms. The van der Waals surface area contributed by atoms with Crippen molar-refractivity contribution in [3.05, 3.63) is 46.0 Å². The van der Waals surface area contributed by atoms with Gasteiger partial charge in [-0.3, -0.25) is 4.72 Å². The standard InChI is InChI=1S/C11H9BrClN3O2S/c12-8-5-7(14)6-15-11(8)16-19(17,18)10-4-2-1-3-9(10)13/h1-6H,14H2,(H,15,16). The van der Waals surface area contributed by atoms with E-state index < -0.39 is 10.0 Å². The summed E-state index contributed by atoms with van der Waals surface area (Å²) in [6.07, 6.45) is 1.36. The molecule has 0 aliphatic carbocycles. The van der Waals surface area contributed by atoms with Crippen molar-refractivity contribution in [3.63, 3.8) is 0 Å². The highest BCUT2D eigenvalue weighted by molar-refractivity contribution is 9.10. The van der Waals surface area contributed by atoms with E-state index in [1.165, 1.54) is 18.3 Å². The van der Waals surface area contributed by atoms with E-state index in [0.29, 0.717) is 10.2 Å². The molecule has 0 bridgehead atoms. The van der Waals surface area contributed by atoms with Crippen molar-refractivity contribution in [2.24, 2.45) is 0 Å². The Morgan fingerprint density at radius 2 is 2.00 bits per heavy atom. The number of rotatable bonds is 3. The maximum absolute atomic E-state index is 12.2. The number of nitrogens with one attached hydrogen (secondary N) is 1. The Morgan fingerprint density at radius 3 is 2.63 bits per heavy atom. The number of hydrogen-bond acceptors (Lipinski definition) is 4. The Bertz CT molecular complexity index is 722. The molecule has 0 radical (unpaired) electrons. The van der Waals surface area contributed by atoms with Crippen LogP contribution in [-0.2, 0) is 10.0 Å². The first kappa shape index (κ1) is 14.1. The average molecular weight is 363 g/mol. The minimum atomic E-state index is -3.79. The van der Waals surface area contributed by atoms with Gasteiger partial charge in [0.05, 0.1) is 21.4 Å². The topological polar surface area (TPSA) is 85.1 Å². The molecule has 0 amide bonds. The first-order valence-corrected chi connectivity index (χ1v) is 7.74. The number of halogens is 2. The maximum atomic E-state index is 12.2. The maximum Gasteiger partial charge on any atom is 0.264 e. The minimum Gasteiger partial charge on any atom is -0.397 e. The number of anilines is 2. The molecule has 0 saturated heterocycles. The van der Waals surface area contributed by atoms with Crippen LogP contribution in [0.3, 0.4) is 0 Å². The number of pyridine rings is 1. The van der Waals surface area contributed by atoms with Crippen LogP contribution in [0.4, 0.5) is 11.5 Å². The molecule has 0 saturated carbocycles. The number of nitrogen functional groups attached to an aromatic ring is 1. The molecule has 2 rings (SSSR count). The van der Waals surface area contributed by atoms with E-state index >= 15 is 0 Å². The second-order valence-electron chi connectivity index (χ2n) is 3.64. The minimum absolute atomic E-state index is 0.0119. The van der Waals surface area contributed by atoms with Gasteiger partial charge in [-0.1, -0.05) is 23.7 Å². The summed E-state index contributed by atoms with van der Waals surface area (Å²) in [6, 6.07) is 7.71. The van der Waals surface area contributed by atoms with E-state index in [1.54, 1.807) is 18.2 Å². The summed E-state index contributed by atoms with van der Waals surface area (Å²) >= 11 is 9.06. The fraction of sp³-hybridized carbons (Fsp3) is 0. The SMILES string of the molecule is Nc1cnc(NS(=O)(=O)c2ccccc2Cl)c(Br)c1. The van der Waals surface area contributed by atoms with Crippen LogP contribution in [0.2, 0.25) is 5.02 Å². The third kappa shape index (κ3) is 3.17. The second kappa shape index (κ2) is 5.36. The molecule has 2 aromatic rings. The molecule has 1 aromatic heterocycles. The van der Waals surface area contributed by atoms with Crippen molar-refractivity contribution < 1.29 is 8.42 Å². The van der Waals surface area contributed by atoms with Crippen LogP contribution in [0, 0.1) is 0 Å². The molecule has 3 N–H and O–H groups in total. The van der Waals surface area contributed by atoms with Crippen LogP contribution in [-0.4, -0.2) is 13.4 Å². The second-order valence-corrected chi connectivity index (χ2v) is 6.55. The normalized spacial score (nSPS) is 11.3. The highest BCUT2D eigenvalue weighted by atomic mass is 79.9. The molecule has 5 nitrogen and oxygen atoms in total. The van der Waals surface area contributed by atoms with E-state index in [0.717, 1.165) is 0 Å². The number of hydrogen-bond donors (Lipinski definition) is 2. The molecular weight excluding hydrogens is 354 g/mol. The van der Waals surface area contributed by atoms with Crippen LogP contribution in [0.25, 0.3) is 0 Å². The molecule has 1 aromatic carbocycles. The van der Waals surface area contributed by atoms with Gasteiger partial charge in [0.15, 0.2) is 5.82 Å². The molecule has 1 heterocycles. The lowest BCUT2D eigenvalue weighted by molar-refractivity contribution is 0.601. The molecule has 0 aliphatic heterocycles. The van der Waals surface area contributed by atoms with E-state index in [-0.39, 0.29) is 15.7 Å². The van der Waals surface area contributed by atoms with Crippen molar-refractivity contribution in [2.75, 3.05) is 10.5 Å². The third-order valence-electron chi connectivity index (χ3n) is 2.22. The summed E-state index contributed by atoms with van der Waals surface area (Å²) in [5.41, 5.74) is 5.96. The fourth-order valence-electron chi connectivity index (χ4n) is 1.37. The zero-order valence-electron chi connectivity index (χ0n) is 9.47. The van der Waals surface area contributed by atoms with Crippen LogP contribution in [0.5, 0.6) is 0 Å². The van der Waals surface area contributed by atoms with Crippen molar-refractivity contribution in [1.82, 2.24) is 4.98 Å². The summed E-state index contributed by atoms with van der Waals surface area (Å²) in [7, 11) is -3.79. The Kier molecular flexibility index (Phi) is 3.98. The van der Waals surface area contributed by atoms with Gasteiger partial charge in [-0.25, -0.2) is 13.4 Å². The molecule has 100 valence electrons. The van der Waals surface area contributed by atoms with Gasteiger partial charge in [-0.05, 0) is 34.1 Å². The monoisotopic (exact) mass is 361 g/mol. The summed E-state index contributed by atoms with van der Waals surface area (Å²) < 4.78 is 27.1. The van der Waals surface area contributed by atoms with Gasteiger partial charge in [0.1, 0.15) is 4.90 Å². The highest BCUT2D eigenvalue weighted by Crippen LogP contribution is 2.27. The lowest BCUT2D eigenvalue weighted by atomic mass is 10.4. The third-order valence-corrected chi connectivity index (χ3v) is 4.66. The fourth-order valence-corrected chi connectivity index (χ4v) is 3.52. The summed E-state index contributed by atoms with van der Waals surface area (Å²) in [5.74, 6) is 0.147. The number of nitrogens with zero attached hydrogens (tertiary/aromatic N) is 1. The van der Waals surface area contributed by atoms with Crippen LogP contribution in [0.1, 0.15) is 0 Å². The average Bonchev–Trinajstić information content (AvgIpc) is 2.33. The predicted molar refractivity (Wildman–Crippen MR) is 78.6 cm³/mol. The molecule has 8 heteroatoms. The molecule has 19 heavy (non-hydrogen) atoms. The van der Waals surface area contributed by atoms with Crippen molar-refractivity contribution in [3.8, 4) is 0 Å². The van der Waals surface area contributed by atoms with E-state index in [9.17, 15) is 8.42 Å². The summed E-state index contributed by atoms with van der Waals surface area (Å²) in [5, 5.41) is 0.140. The van der Waals surface area contributed by atoms with Crippen molar-refractivity contribution in [1.29, 1.82) is 0 Å². The Labute approximate surface area is 124 Å². The Balaban J connectivity index is 2.40. The van der Waals surface area contributed by atoms with Gasteiger partial charge >= 0.3 is 0 Å². The molecule has 0 atom stereocenters. The number of benzene rings is 1. The van der Waals surface area contributed by atoms with Crippen LogP contribution < -0.4 is 10.5 Å². The molecule has 0 fully saturated rings. The van der Waals surface area contributed by atoms with Gasteiger partial charge in [-0.2, -0.15) is 0 Å². The van der Waals surface area contributed by atoms with Gasteiger partial charge < -0.3 is 5.73 Å². The quantitative estimate of drug-likeness (QED) is 0.879. The lowest BCUT2D eigenvalue weighted by Crippen LogP contribution is -2.14. The van der Waals surface area contributed by atoms with Gasteiger partial charge in [0.25, 0.3) is 10.0 Å². The van der Waals surface area contributed by atoms with Crippen LogP contribution >= 0.6 is 27.5 Å². The Morgan fingerprint density at radius 1 is 1.32 bits per heavy atom. The first-order valence-electron chi connectivity index (χ1n) is 5.08. The lowest BCUT2D eigenvalue weighted by Gasteiger charge is -2.10. The summed E-state index contributed by atoms with van der Waals surface area (Å²) in [4.78, 5) is 3.90. The smallest absolute Gasteiger partial charge is 0.264 e. The molecule has 0 unspecified atom stereocenters. The Hall–Kier alpha value is -1.31. The zero-order valence-corrected chi connectivity index (χ0v) is 12.6. The predicted octanol–water partition coefficient (Wildman–Crippen LogP) is 2.88. The van der Waals surface area contributed by atoms with E-state index in [1.807, 2.05) is 0 Å². The van der Waals surface area contributed by atoms with Crippen molar-refractivity contribution in [2.45, 2.75) is 4.90 Å². The van der Waals surface area contributed by atoms with E-state index in [4.69, 9.17) is 17.3 Å². The zero-order chi connectivity index (χ0) is 14.0. The summed E-state index contributed by atoms with van der Waals surface area (Å²) in [6.45, 7) is 0. The van der Waals surface area contributed by atoms with Gasteiger partial charge in [0, 0.05) is 0 Å². The molecular formula is C11H9BrClN3O2S. The molecule has 0 aliphatic rings.